The topological polar surface area (TPSA) is 84.2 Å². The van der Waals surface area contributed by atoms with Crippen LogP contribution in [-0.4, -0.2) is 26.8 Å². The molecule has 1 amide bonds. The second kappa shape index (κ2) is 7.09. The molecule has 1 aliphatic rings. The lowest BCUT2D eigenvalue weighted by Gasteiger charge is -2.11. The third-order valence-corrected chi connectivity index (χ3v) is 5.03. The van der Waals surface area contributed by atoms with E-state index in [1.54, 1.807) is 0 Å². The summed E-state index contributed by atoms with van der Waals surface area (Å²) in [6.07, 6.45) is 1.66. The number of nitrogens with zero attached hydrogens (tertiary/aromatic N) is 2. The van der Waals surface area contributed by atoms with Crippen molar-refractivity contribution in [1.82, 2.24) is 15.1 Å². The number of aliphatic carboxylic acids is 1. The molecule has 0 saturated heterocycles. The van der Waals surface area contributed by atoms with E-state index >= 15 is 0 Å². The molecule has 1 fully saturated rings. The van der Waals surface area contributed by atoms with E-state index in [4.69, 9.17) is 5.11 Å². The van der Waals surface area contributed by atoms with Gasteiger partial charge in [-0.15, -0.1) is 0 Å². The van der Waals surface area contributed by atoms with Gasteiger partial charge in [-0.2, -0.15) is 5.10 Å². The van der Waals surface area contributed by atoms with Crippen molar-refractivity contribution < 1.29 is 14.7 Å². The maximum Gasteiger partial charge on any atom is 0.306 e. The highest BCUT2D eigenvalue weighted by molar-refractivity contribution is 5.80. The van der Waals surface area contributed by atoms with Gasteiger partial charge in [-0.25, -0.2) is 4.68 Å². The molecule has 1 aliphatic carbocycles. The Labute approximate surface area is 146 Å². The largest absolute Gasteiger partial charge is 0.481 e. The quantitative estimate of drug-likeness (QED) is 0.875. The fourth-order valence-corrected chi connectivity index (χ4v) is 3.52. The number of carbonyl (C=O) groups is 2. The van der Waals surface area contributed by atoms with Crippen LogP contribution in [0.5, 0.6) is 0 Å². The van der Waals surface area contributed by atoms with E-state index in [2.05, 4.69) is 10.4 Å². The first-order chi connectivity index (χ1) is 12.0. The van der Waals surface area contributed by atoms with Crippen molar-refractivity contribution in [2.45, 2.75) is 39.7 Å². The van der Waals surface area contributed by atoms with E-state index in [0.29, 0.717) is 25.8 Å². The summed E-state index contributed by atoms with van der Waals surface area (Å²) in [7, 11) is 0. The molecular weight excluding hydrogens is 318 g/mol. The summed E-state index contributed by atoms with van der Waals surface area (Å²) in [4.78, 5) is 23.4. The van der Waals surface area contributed by atoms with Gasteiger partial charge in [0.05, 0.1) is 17.3 Å². The summed E-state index contributed by atoms with van der Waals surface area (Å²) in [5, 5.41) is 16.6. The van der Waals surface area contributed by atoms with Gasteiger partial charge in [-0.1, -0.05) is 18.2 Å². The Bertz CT molecular complexity index is 783. The van der Waals surface area contributed by atoms with E-state index in [1.165, 1.54) is 0 Å². The Morgan fingerprint density at radius 2 is 1.88 bits per heavy atom. The first-order valence-electron chi connectivity index (χ1n) is 8.58. The summed E-state index contributed by atoms with van der Waals surface area (Å²) in [6, 6.07) is 9.87. The molecule has 3 rings (SSSR count). The van der Waals surface area contributed by atoms with Crippen molar-refractivity contribution >= 4 is 11.9 Å². The van der Waals surface area contributed by atoms with Gasteiger partial charge in [0.15, 0.2) is 0 Å². The molecule has 1 saturated carbocycles. The maximum atomic E-state index is 12.4. The van der Waals surface area contributed by atoms with E-state index in [9.17, 15) is 9.59 Å². The summed E-state index contributed by atoms with van der Waals surface area (Å²) < 4.78 is 1.88. The predicted molar refractivity (Wildman–Crippen MR) is 93.4 cm³/mol. The van der Waals surface area contributed by atoms with Crippen LogP contribution in [0.15, 0.2) is 30.3 Å². The molecule has 6 heteroatoms. The monoisotopic (exact) mass is 341 g/mol. The van der Waals surface area contributed by atoms with Crippen LogP contribution in [0.2, 0.25) is 0 Å². The van der Waals surface area contributed by atoms with Crippen LogP contribution in [0.25, 0.3) is 5.69 Å². The minimum atomic E-state index is -0.800. The third-order valence-electron chi connectivity index (χ3n) is 5.03. The van der Waals surface area contributed by atoms with Crippen LogP contribution >= 0.6 is 0 Å². The predicted octanol–water partition coefficient (Wildman–Crippen LogP) is 2.61. The minimum Gasteiger partial charge on any atom is -0.481 e. The summed E-state index contributed by atoms with van der Waals surface area (Å²) >= 11 is 0. The van der Waals surface area contributed by atoms with Crippen LogP contribution in [-0.2, 0) is 16.1 Å². The van der Waals surface area contributed by atoms with Gasteiger partial charge < -0.3 is 10.4 Å². The average molecular weight is 341 g/mol. The zero-order chi connectivity index (χ0) is 18.0. The summed E-state index contributed by atoms with van der Waals surface area (Å²) in [5.74, 6) is -1.45. The number of hydrogen-bond acceptors (Lipinski definition) is 3. The van der Waals surface area contributed by atoms with Crippen LogP contribution < -0.4 is 5.32 Å². The number of rotatable bonds is 5. The van der Waals surface area contributed by atoms with E-state index in [0.717, 1.165) is 22.6 Å². The number of benzene rings is 1. The minimum absolute atomic E-state index is 0.0602. The Morgan fingerprint density at radius 3 is 2.52 bits per heavy atom. The molecule has 25 heavy (non-hydrogen) atoms. The number of para-hydroxylation sites is 1. The molecule has 2 N–H and O–H groups in total. The molecule has 1 aromatic carbocycles. The van der Waals surface area contributed by atoms with Crippen molar-refractivity contribution in [3.05, 3.63) is 47.3 Å². The molecule has 1 aromatic heterocycles. The molecule has 0 spiro atoms. The van der Waals surface area contributed by atoms with Crippen molar-refractivity contribution in [3.63, 3.8) is 0 Å². The molecule has 1 heterocycles. The lowest BCUT2D eigenvalue weighted by molar-refractivity contribution is -0.141. The van der Waals surface area contributed by atoms with Crippen LogP contribution in [0.1, 0.15) is 36.2 Å². The first kappa shape index (κ1) is 17.2. The summed E-state index contributed by atoms with van der Waals surface area (Å²) in [6.45, 7) is 4.34. The molecular formula is C19H23N3O3. The van der Waals surface area contributed by atoms with Crippen molar-refractivity contribution in [1.29, 1.82) is 0 Å². The number of hydrogen-bond donors (Lipinski definition) is 2. The highest BCUT2D eigenvalue weighted by Gasteiger charge is 2.33. The number of carbonyl (C=O) groups excluding carboxylic acids is 1. The second-order valence-corrected chi connectivity index (χ2v) is 6.66. The van der Waals surface area contributed by atoms with E-state index in [1.807, 2.05) is 48.9 Å². The van der Waals surface area contributed by atoms with Gasteiger partial charge in [-0.05, 0) is 45.2 Å². The van der Waals surface area contributed by atoms with E-state index < -0.39 is 5.97 Å². The lowest BCUT2D eigenvalue weighted by Crippen LogP contribution is -2.29. The number of carboxylic acid groups (broad SMARTS) is 1. The molecule has 132 valence electrons. The highest BCUT2D eigenvalue weighted by Crippen LogP contribution is 2.31. The van der Waals surface area contributed by atoms with Crippen molar-refractivity contribution in [2.75, 3.05) is 0 Å². The van der Waals surface area contributed by atoms with Crippen molar-refractivity contribution in [3.8, 4) is 5.69 Å². The summed E-state index contributed by atoms with van der Waals surface area (Å²) in [5.41, 5.74) is 3.88. The fourth-order valence-electron chi connectivity index (χ4n) is 3.52. The molecule has 0 aliphatic heterocycles. The standard InChI is InChI=1S/C19H23N3O3/c1-12-17(13(2)22(21-12)16-6-4-3-5-7-16)11-20-18(23)14-8-9-15(10-14)19(24)25/h3-7,14-15H,8-11H2,1-2H3,(H,20,23)(H,24,25)/t14-,15+/m1/s1. The lowest BCUT2D eigenvalue weighted by atomic mass is 10.0. The van der Waals surface area contributed by atoms with Gasteiger partial charge in [0, 0.05) is 23.7 Å². The van der Waals surface area contributed by atoms with Crippen LogP contribution in [0, 0.1) is 25.7 Å². The number of nitrogens with one attached hydrogen (secondary N) is 1. The Hall–Kier alpha value is -2.63. The van der Waals surface area contributed by atoms with Gasteiger partial charge in [0.2, 0.25) is 5.91 Å². The fraction of sp³-hybridized carbons (Fsp3) is 0.421. The molecule has 0 radical (unpaired) electrons. The number of aromatic nitrogens is 2. The third kappa shape index (κ3) is 3.57. The SMILES string of the molecule is Cc1nn(-c2ccccc2)c(C)c1CNC(=O)[C@@H]1CC[C@H](C(=O)O)C1. The van der Waals surface area contributed by atoms with E-state index in [-0.39, 0.29) is 17.7 Å². The Kier molecular flexibility index (Phi) is 4.88. The Morgan fingerprint density at radius 1 is 1.20 bits per heavy atom. The second-order valence-electron chi connectivity index (χ2n) is 6.66. The highest BCUT2D eigenvalue weighted by atomic mass is 16.4. The molecule has 0 unspecified atom stereocenters. The van der Waals surface area contributed by atoms with Gasteiger partial charge >= 0.3 is 5.97 Å². The average Bonchev–Trinajstić information content (AvgIpc) is 3.20. The number of aryl methyl sites for hydroxylation is 1. The Balaban J connectivity index is 1.67. The van der Waals surface area contributed by atoms with Crippen LogP contribution in [0.4, 0.5) is 0 Å². The van der Waals surface area contributed by atoms with Crippen molar-refractivity contribution in [2.24, 2.45) is 11.8 Å². The normalized spacial score (nSPS) is 19.8. The number of amides is 1. The smallest absolute Gasteiger partial charge is 0.306 e. The maximum absolute atomic E-state index is 12.4. The zero-order valence-corrected chi connectivity index (χ0v) is 14.5. The first-order valence-corrected chi connectivity index (χ1v) is 8.58. The van der Waals surface area contributed by atoms with Gasteiger partial charge in [-0.3, -0.25) is 9.59 Å². The zero-order valence-electron chi connectivity index (χ0n) is 14.5. The molecule has 0 bridgehead atoms. The van der Waals surface area contributed by atoms with Crippen LogP contribution in [0.3, 0.4) is 0 Å². The van der Waals surface area contributed by atoms with Gasteiger partial charge in [0.25, 0.3) is 0 Å². The molecule has 2 aromatic rings. The number of carboxylic acids is 1. The van der Waals surface area contributed by atoms with Gasteiger partial charge in [0.1, 0.15) is 0 Å². The molecule has 6 nitrogen and oxygen atoms in total. The molecule has 2 atom stereocenters.